The summed E-state index contributed by atoms with van der Waals surface area (Å²) in [5, 5.41) is 0. The summed E-state index contributed by atoms with van der Waals surface area (Å²) in [6, 6.07) is 10.1. The van der Waals surface area contributed by atoms with Crippen LogP contribution in [0.1, 0.15) is 75.1 Å². The fourth-order valence-corrected chi connectivity index (χ4v) is 4.73. The van der Waals surface area contributed by atoms with Gasteiger partial charge in [0, 0.05) is 17.6 Å². The summed E-state index contributed by atoms with van der Waals surface area (Å²) in [5.74, 6) is 0.238. The molecule has 2 aliphatic carbocycles. The van der Waals surface area contributed by atoms with Crippen molar-refractivity contribution in [2.24, 2.45) is 5.92 Å². The Morgan fingerprint density at radius 3 is 2.42 bits per heavy atom. The van der Waals surface area contributed by atoms with E-state index in [-0.39, 0.29) is 23.8 Å². The third-order valence-electron chi connectivity index (χ3n) is 5.93. The maximum Gasteiger partial charge on any atom is 0.306 e. The van der Waals surface area contributed by atoms with E-state index in [1.807, 2.05) is 37.3 Å². The van der Waals surface area contributed by atoms with Crippen LogP contribution in [0, 0.1) is 5.92 Å². The first kappa shape index (κ1) is 18.9. The van der Waals surface area contributed by atoms with Gasteiger partial charge in [0.05, 0.1) is 13.0 Å². The SMILES string of the molecule is CCOC(=O)CC1CCCC1N(C(=O)c1ccccc1)C1CCCCC1. The minimum atomic E-state index is -0.125. The molecule has 1 amide bonds. The smallest absolute Gasteiger partial charge is 0.306 e. The predicted molar refractivity (Wildman–Crippen MR) is 102 cm³/mol. The van der Waals surface area contributed by atoms with Crippen LogP contribution in [-0.2, 0) is 9.53 Å². The molecular weight excluding hydrogens is 326 g/mol. The van der Waals surface area contributed by atoms with Gasteiger partial charge in [-0.1, -0.05) is 43.9 Å². The lowest BCUT2D eigenvalue weighted by Crippen LogP contribution is -2.49. The molecule has 142 valence electrons. The molecule has 0 N–H and O–H groups in total. The first-order chi connectivity index (χ1) is 12.7. The van der Waals surface area contributed by atoms with Crippen LogP contribution in [-0.4, -0.2) is 35.5 Å². The van der Waals surface area contributed by atoms with Crippen molar-refractivity contribution >= 4 is 11.9 Å². The van der Waals surface area contributed by atoms with E-state index in [2.05, 4.69) is 4.90 Å². The first-order valence-corrected chi connectivity index (χ1v) is 10.2. The lowest BCUT2D eigenvalue weighted by molar-refractivity contribution is -0.144. The molecule has 0 bridgehead atoms. The number of hydrogen-bond acceptors (Lipinski definition) is 3. The summed E-state index contributed by atoms with van der Waals surface area (Å²) >= 11 is 0. The zero-order chi connectivity index (χ0) is 18.4. The minimum absolute atomic E-state index is 0.125. The van der Waals surface area contributed by atoms with Crippen LogP contribution < -0.4 is 0 Å². The zero-order valence-electron chi connectivity index (χ0n) is 15.9. The average Bonchev–Trinajstić information content (AvgIpc) is 3.11. The number of nitrogens with zero attached hydrogens (tertiary/aromatic N) is 1. The quantitative estimate of drug-likeness (QED) is 0.700. The fraction of sp³-hybridized carbons (Fsp3) is 0.636. The summed E-state index contributed by atoms with van der Waals surface area (Å²) < 4.78 is 5.18. The molecule has 0 aromatic heterocycles. The molecule has 1 aromatic carbocycles. The van der Waals surface area contributed by atoms with Crippen LogP contribution in [0.25, 0.3) is 0 Å². The van der Waals surface area contributed by atoms with Crippen molar-refractivity contribution in [2.75, 3.05) is 6.61 Å². The Morgan fingerprint density at radius 1 is 1.00 bits per heavy atom. The van der Waals surface area contributed by atoms with Gasteiger partial charge in [-0.05, 0) is 50.7 Å². The van der Waals surface area contributed by atoms with Crippen molar-refractivity contribution < 1.29 is 14.3 Å². The van der Waals surface area contributed by atoms with Gasteiger partial charge in [-0.25, -0.2) is 0 Å². The largest absolute Gasteiger partial charge is 0.466 e. The second kappa shape index (κ2) is 9.20. The van der Waals surface area contributed by atoms with Gasteiger partial charge in [0.25, 0.3) is 5.91 Å². The number of hydrogen-bond donors (Lipinski definition) is 0. The Balaban J connectivity index is 1.82. The highest BCUT2D eigenvalue weighted by atomic mass is 16.5. The van der Waals surface area contributed by atoms with Crippen LogP contribution in [0.2, 0.25) is 0 Å². The predicted octanol–water partition coefficient (Wildman–Crippen LogP) is 4.58. The molecule has 2 unspecified atom stereocenters. The molecule has 1 aromatic rings. The van der Waals surface area contributed by atoms with Crippen LogP contribution in [0.4, 0.5) is 0 Å². The van der Waals surface area contributed by atoms with Gasteiger partial charge >= 0.3 is 5.97 Å². The van der Waals surface area contributed by atoms with E-state index in [9.17, 15) is 9.59 Å². The molecule has 4 heteroatoms. The molecule has 0 spiro atoms. The highest BCUT2D eigenvalue weighted by Gasteiger charge is 2.39. The minimum Gasteiger partial charge on any atom is -0.466 e. The molecule has 26 heavy (non-hydrogen) atoms. The Kier molecular flexibility index (Phi) is 6.70. The Hall–Kier alpha value is -1.84. The van der Waals surface area contributed by atoms with E-state index in [1.54, 1.807) is 0 Å². The summed E-state index contributed by atoms with van der Waals surface area (Å²) in [6.07, 6.45) is 9.35. The number of rotatable bonds is 6. The van der Waals surface area contributed by atoms with Gasteiger partial charge in [-0.3, -0.25) is 9.59 Å². The number of esters is 1. The first-order valence-electron chi connectivity index (χ1n) is 10.2. The Morgan fingerprint density at radius 2 is 1.73 bits per heavy atom. The van der Waals surface area contributed by atoms with Gasteiger partial charge in [-0.15, -0.1) is 0 Å². The number of benzene rings is 1. The number of amides is 1. The zero-order valence-corrected chi connectivity index (χ0v) is 15.9. The van der Waals surface area contributed by atoms with Crippen molar-refractivity contribution in [1.82, 2.24) is 4.90 Å². The molecule has 4 nitrogen and oxygen atoms in total. The second-order valence-corrected chi connectivity index (χ2v) is 7.64. The molecule has 0 heterocycles. The van der Waals surface area contributed by atoms with Crippen LogP contribution in [0.5, 0.6) is 0 Å². The fourth-order valence-electron chi connectivity index (χ4n) is 4.73. The van der Waals surface area contributed by atoms with Crippen molar-refractivity contribution in [2.45, 2.75) is 76.8 Å². The van der Waals surface area contributed by atoms with Crippen molar-refractivity contribution in [3.05, 3.63) is 35.9 Å². The van der Waals surface area contributed by atoms with E-state index >= 15 is 0 Å². The molecule has 0 saturated heterocycles. The highest BCUT2D eigenvalue weighted by Crippen LogP contribution is 2.37. The van der Waals surface area contributed by atoms with Gasteiger partial charge in [0.1, 0.15) is 0 Å². The van der Waals surface area contributed by atoms with Gasteiger partial charge in [0.2, 0.25) is 0 Å². The normalized spacial score (nSPS) is 23.6. The molecule has 2 aliphatic rings. The molecule has 2 fully saturated rings. The summed E-state index contributed by atoms with van der Waals surface area (Å²) in [4.78, 5) is 27.6. The Bertz CT molecular complexity index is 595. The van der Waals surface area contributed by atoms with E-state index in [0.717, 1.165) is 37.7 Å². The van der Waals surface area contributed by atoms with Crippen LogP contribution in [0.3, 0.4) is 0 Å². The van der Waals surface area contributed by atoms with Crippen molar-refractivity contribution in [1.29, 1.82) is 0 Å². The Labute approximate surface area is 156 Å². The molecule has 2 saturated carbocycles. The molecule has 0 aliphatic heterocycles. The number of carbonyl (C=O) groups is 2. The number of ether oxygens (including phenoxy) is 1. The second-order valence-electron chi connectivity index (χ2n) is 7.64. The maximum absolute atomic E-state index is 13.4. The number of carbonyl (C=O) groups excluding carboxylic acids is 2. The standard InChI is InChI=1S/C22H31NO3/c1-2-26-21(24)16-18-12-9-15-20(18)23(19-13-7-4-8-14-19)22(25)17-10-5-3-6-11-17/h3,5-6,10-11,18-20H,2,4,7-9,12-16H2,1H3. The van der Waals surface area contributed by atoms with Crippen LogP contribution in [0.15, 0.2) is 30.3 Å². The van der Waals surface area contributed by atoms with Crippen molar-refractivity contribution in [3.8, 4) is 0 Å². The topological polar surface area (TPSA) is 46.6 Å². The van der Waals surface area contributed by atoms with Crippen molar-refractivity contribution in [3.63, 3.8) is 0 Å². The summed E-state index contributed by atoms with van der Waals surface area (Å²) in [5.41, 5.74) is 0.764. The van der Waals surface area contributed by atoms with Gasteiger partial charge < -0.3 is 9.64 Å². The summed E-state index contributed by atoms with van der Waals surface area (Å²) in [7, 11) is 0. The van der Waals surface area contributed by atoms with Gasteiger partial charge in [-0.2, -0.15) is 0 Å². The lowest BCUT2D eigenvalue weighted by atomic mass is 9.89. The highest BCUT2D eigenvalue weighted by molar-refractivity contribution is 5.94. The monoisotopic (exact) mass is 357 g/mol. The molecule has 3 rings (SSSR count). The van der Waals surface area contributed by atoms with Crippen LogP contribution >= 0.6 is 0 Å². The van der Waals surface area contributed by atoms with E-state index < -0.39 is 0 Å². The molecular formula is C22H31NO3. The maximum atomic E-state index is 13.4. The third kappa shape index (κ3) is 4.46. The lowest BCUT2D eigenvalue weighted by Gasteiger charge is -2.41. The third-order valence-corrected chi connectivity index (χ3v) is 5.93. The van der Waals surface area contributed by atoms with Gasteiger partial charge in [0.15, 0.2) is 0 Å². The van der Waals surface area contributed by atoms with E-state index in [4.69, 9.17) is 4.74 Å². The molecule has 0 radical (unpaired) electrons. The van der Waals surface area contributed by atoms with E-state index in [1.165, 1.54) is 19.3 Å². The summed E-state index contributed by atoms with van der Waals surface area (Å²) in [6.45, 7) is 2.27. The van der Waals surface area contributed by atoms with E-state index in [0.29, 0.717) is 19.1 Å². The average molecular weight is 357 g/mol. The molecule has 2 atom stereocenters.